The minimum absolute atomic E-state index is 0.00758. The van der Waals surface area contributed by atoms with Crippen LogP contribution in [0.1, 0.15) is 43.2 Å². The first-order valence-electron chi connectivity index (χ1n) is 12.1. The molecule has 2 amide bonds. The number of piperidine rings is 1. The molecule has 2 N–H and O–H groups in total. The third-order valence-electron chi connectivity index (χ3n) is 6.89. The van der Waals surface area contributed by atoms with Crippen molar-refractivity contribution in [1.82, 2.24) is 10.2 Å². The van der Waals surface area contributed by atoms with Crippen molar-refractivity contribution in [3.8, 4) is 11.1 Å². The molecule has 8 nitrogen and oxygen atoms in total. The third-order valence-corrected chi connectivity index (χ3v) is 6.89. The van der Waals surface area contributed by atoms with Gasteiger partial charge < -0.3 is 24.8 Å². The first-order chi connectivity index (χ1) is 16.9. The van der Waals surface area contributed by atoms with Crippen LogP contribution in [0.4, 0.5) is 4.79 Å². The fraction of sp³-hybridized carbons (Fsp3) is 0.444. The van der Waals surface area contributed by atoms with Crippen LogP contribution in [0.15, 0.2) is 48.5 Å². The first-order valence-corrected chi connectivity index (χ1v) is 12.1. The average Bonchev–Trinajstić information content (AvgIpc) is 3.18. The number of amides is 2. The van der Waals surface area contributed by atoms with Gasteiger partial charge in [0.15, 0.2) is 0 Å². The molecule has 4 rings (SSSR count). The number of hydrogen-bond donors (Lipinski definition) is 2. The molecule has 0 spiro atoms. The number of benzene rings is 2. The van der Waals surface area contributed by atoms with Crippen LogP contribution in [0.25, 0.3) is 11.1 Å². The summed E-state index contributed by atoms with van der Waals surface area (Å²) < 4.78 is 11.0. The fourth-order valence-electron chi connectivity index (χ4n) is 4.92. The highest BCUT2D eigenvalue weighted by molar-refractivity contribution is 5.80. The molecule has 1 unspecified atom stereocenters. The van der Waals surface area contributed by atoms with Crippen LogP contribution < -0.4 is 5.32 Å². The van der Waals surface area contributed by atoms with Gasteiger partial charge in [-0.3, -0.25) is 9.59 Å². The van der Waals surface area contributed by atoms with E-state index in [1.165, 1.54) is 11.1 Å². The molecule has 2 aromatic rings. The van der Waals surface area contributed by atoms with Gasteiger partial charge >= 0.3 is 12.1 Å². The molecule has 1 saturated heterocycles. The lowest BCUT2D eigenvalue weighted by molar-refractivity contribution is -0.153. The number of carbonyl (C=O) groups is 3. The zero-order valence-corrected chi connectivity index (χ0v) is 20.0. The van der Waals surface area contributed by atoms with E-state index in [1.54, 1.807) is 11.8 Å². The molecule has 2 aliphatic rings. The summed E-state index contributed by atoms with van der Waals surface area (Å²) in [6.07, 6.45) is 0.928. The van der Waals surface area contributed by atoms with E-state index in [9.17, 15) is 19.5 Å². The Bertz CT molecular complexity index is 1040. The predicted molar refractivity (Wildman–Crippen MR) is 130 cm³/mol. The van der Waals surface area contributed by atoms with E-state index in [0.29, 0.717) is 19.4 Å². The Morgan fingerprint density at radius 2 is 1.71 bits per heavy atom. The van der Waals surface area contributed by atoms with Gasteiger partial charge in [-0.15, -0.1) is 0 Å². The topological polar surface area (TPSA) is 105 Å². The summed E-state index contributed by atoms with van der Waals surface area (Å²) in [4.78, 5) is 37.6. The van der Waals surface area contributed by atoms with Gasteiger partial charge in [0.25, 0.3) is 0 Å². The lowest BCUT2D eigenvalue weighted by Gasteiger charge is -2.37. The van der Waals surface area contributed by atoms with Crippen molar-refractivity contribution in [2.75, 3.05) is 39.5 Å². The second-order valence-corrected chi connectivity index (χ2v) is 9.40. The number of carboxylic acid groups (broad SMARTS) is 1. The predicted octanol–water partition coefficient (Wildman–Crippen LogP) is 3.65. The number of carboxylic acids is 1. The number of ether oxygens (including phenoxy) is 2. The number of carbonyl (C=O) groups excluding carboxylic acids is 2. The molecule has 0 aromatic heterocycles. The lowest BCUT2D eigenvalue weighted by Crippen LogP contribution is -2.48. The zero-order chi connectivity index (χ0) is 24.8. The molecule has 1 atom stereocenters. The zero-order valence-electron chi connectivity index (χ0n) is 20.0. The minimum Gasteiger partial charge on any atom is -0.481 e. The number of alkyl carbamates (subject to hydrolysis) is 1. The summed E-state index contributed by atoms with van der Waals surface area (Å²) in [5.74, 6) is -0.972. The molecule has 1 fully saturated rings. The largest absolute Gasteiger partial charge is 0.481 e. The minimum atomic E-state index is -0.887. The smallest absolute Gasteiger partial charge is 0.407 e. The van der Waals surface area contributed by atoms with Gasteiger partial charge in [-0.1, -0.05) is 48.5 Å². The van der Waals surface area contributed by atoms with E-state index in [-0.39, 0.29) is 51.2 Å². The lowest BCUT2D eigenvalue weighted by atomic mass is 9.82. The Labute approximate surface area is 205 Å². The van der Waals surface area contributed by atoms with E-state index < -0.39 is 17.5 Å². The van der Waals surface area contributed by atoms with Crippen molar-refractivity contribution in [3.05, 3.63) is 59.7 Å². The maximum atomic E-state index is 12.4. The summed E-state index contributed by atoms with van der Waals surface area (Å²) >= 11 is 0. The molecule has 35 heavy (non-hydrogen) atoms. The number of nitrogens with zero attached hydrogens (tertiary/aromatic N) is 1. The van der Waals surface area contributed by atoms with E-state index in [0.717, 1.165) is 11.1 Å². The van der Waals surface area contributed by atoms with Crippen molar-refractivity contribution in [2.24, 2.45) is 5.41 Å². The highest BCUT2D eigenvalue weighted by Crippen LogP contribution is 2.44. The van der Waals surface area contributed by atoms with Crippen molar-refractivity contribution >= 4 is 18.0 Å². The van der Waals surface area contributed by atoms with Gasteiger partial charge in [0, 0.05) is 25.6 Å². The SMILES string of the molecule is CC1(C(=O)O)CCCN(C(=O)CCOCCNC(=O)OCC2c3ccccc3-c3ccccc32)C1. The average molecular weight is 481 g/mol. The van der Waals surface area contributed by atoms with Crippen molar-refractivity contribution in [3.63, 3.8) is 0 Å². The van der Waals surface area contributed by atoms with E-state index in [4.69, 9.17) is 9.47 Å². The quantitative estimate of drug-likeness (QED) is 0.531. The molecule has 1 heterocycles. The van der Waals surface area contributed by atoms with Gasteiger partial charge in [0.2, 0.25) is 5.91 Å². The number of hydrogen-bond acceptors (Lipinski definition) is 5. The van der Waals surface area contributed by atoms with Crippen LogP contribution in [0, 0.1) is 5.41 Å². The molecule has 0 radical (unpaired) electrons. The van der Waals surface area contributed by atoms with Crippen LogP contribution in [-0.2, 0) is 19.1 Å². The molecule has 8 heteroatoms. The Balaban J connectivity index is 1.14. The van der Waals surface area contributed by atoms with E-state index >= 15 is 0 Å². The molecule has 2 aromatic carbocycles. The monoisotopic (exact) mass is 480 g/mol. The van der Waals surface area contributed by atoms with Crippen LogP contribution in [0.3, 0.4) is 0 Å². The number of likely N-dealkylation sites (tertiary alicyclic amines) is 1. The van der Waals surface area contributed by atoms with Crippen molar-refractivity contribution < 1.29 is 29.0 Å². The Hall–Kier alpha value is -3.39. The summed E-state index contributed by atoms with van der Waals surface area (Å²) in [5, 5.41) is 12.1. The maximum Gasteiger partial charge on any atom is 0.407 e. The second kappa shape index (κ2) is 10.9. The van der Waals surface area contributed by atoms with E-state index in [1.807, 2.05) is 24.3 Å². The summed E-state index contributed by atoms with van der Waals surface area (Å²) in [5.41, 5.74) is 3.79. The fourth-order valence-corrected chi connectivity index (χ4v) is 4.92. The highest BCUT2D eigenvalue weighted by atomic mass is 16.5. The van der Waals surface area contributed by atoms with Gasteiger partial charge in [-0.05, 0) is 42.0 Å². The van der Waals surface area contributed by atoms with Gasteiger partial charge in [-0.25, -0.2) is 4.79 Å². The number of aliphatic carboxylic acids is 1. The summed E-state index contributed by atoms with van der Waals surface area (Å²) in [7, 11) is 0. The maximum absolute atomic E-state index is 12.4. The first kappa shape index (κ1) is 24.7. The Kier molecular flexibility index (Phi) is 7.70. The van der Waals surface area contributed by atoms with Crippen LogP contribution in [0.2, 0.25) is 0 Å². The number of nitrogens with one attached hydrogen (secondary N) is 1. The Morgan fingerprint density at radius 1 is 1.06 bits per heavy atom. The Morgan fingerprint density at radius 3 is 2.37 bits per heavy atom. The third kappa shape index (κ3) is 5.65. The molecule has 1 aliphatic heterocycles. The molecule has 0 saturated carbocycles. The second-order valence-electron chi connectivity index (χ2n) is 9.40. The molecular weight excluding hydrogens is 448 g/mol. The number of rotatable bonds is 9. The molecule has 1 aliphatic carbocycles. The van der Waals surface area contributed by atoms with Crippen LogP contribution in [-0.4, -0.2) is 67.4 Å². The van der Waals surface area contributed by atoms with E-state index in [2.05, 4.69) is 29.6 Å². The van der Waals surface area contributed by atoms with Crippen LogP contribution in [0.5, 0.6) is 0 Å². The van der Waals surface area contributed by atoms with Gasteiger partial charge in [0.05, 0.1) is 25.0 Å². The highest BCUT2D eigenvalue weighted by Gasteiger charge is 2.39. The molecular formula is C27H32N2O6. The van der Waals surface area contributed by atoms with Crippen molar-refractivity contribution in [1.29, 1.82) is 0 Å². The van der Waals surface area contributed by atoms with Crippen molar-refractivity contribution in [2.45, 2.75) is 32.1 Å². The van der Waals surface area contributed by atoms with Crippen LogP contribution >= 0.6 is 0 Å². The van der Waals surface area contributed by atoms with Gasteiger partial charge in [-0.2, -0.15) is 0 Å². The van der Waals surface area contributed by atoms with Gasteiger partial charge in [0.1, 0.15) is 6.61 Å². The standard InChI is InChI=1S/C27H32N2O6/c1-27(25(31)32)12-6-14-29(18-27)24(30)11-15-34-16-13-28-26(33)35-17-23-21-9-4-2-7-19(21)20-8-3-5-10-22(20)23/h2-5,7-10,23H,6,11-18H2,1H3,(H,28,33)(H,31,32). The molecule has 0 bridgehead atoms. The summed E-state index contributed by atoms with van der Waals surface area (Å²) in [6.45, 7) is 3.47. The summed E-state index contributed by atoms with van der Waals surface area (Å²) in [6, 6.07) is 16.3. The molecule has 186 valence electrons. The normalized spacial score (nSPS) is 19.1. The number of fused-ring (bicyclic) bond motifs is 3.